The number of carbonyl (C=O) groups excluding carboxylic acids is 1. The Bertz CT molecular complexity index is 286. The lowest BCUT2D eigenvalue weighted by atomic mass is 9.82. The molecule has 0 aromatic heterocycles. The molecule has 1 unspecified atom stereocenters. The number of aliphatic carboxylic acids is 1. The van der Waals surface area contributed by atoms with Gasteiger partial charge in [0.15, 0.2) is 0 Å². The molecule has 1 aliphatic rings. The van der Waals surface area contributed by atoms with E-state index < -0.39 is 12.0 Å². The van der Waals surface area contributed by atoms with Gasteiger partial charge in [0, 0.05) is 6.54 Å². The van der Waals surface area contributed by atoms with E-state index in [1.165, 1.54) is 0 Å². The van der Waals surface area contributed by atoms with Crippen LogP contribution in [0.4, 0.5) is 0 Å². The predicted octanol–water partition coefficient (Wildman–Crippen LogP) is 1.12. The molecule has 5 nitrogen and oxygen atoms in total. The highest BCUT2D eigenvalue weighted by Gasteiger charge is 2.26. The number of carbonyl (C=O) groups is 2. The van der Waals surface area contributed by atoms with Crippen molar-refractivity contribution in [3.05, 3.63) is 0 Å². The van der Waals surface area contributed by atoms with Crippen LogP contribution in [0.25, 0.3) is 0 Å². The van der Waals surface area contributed by atoms with E-state index in [4.69, 9.17) is 10.8 Å². The summed E-state index contributed by atoms with van der Waals surface area (Å²) >= 11 is 0. The van der Waals surface area contributed by atoms with Crippen molar-refractivity contribution in [1.29, 1.82) is 0 Å². The predicted molar refractivity (Wildman–Crippen MR) is 69.0 cm³/mol. The summed E-state index contributed by atoms with van der Waals surface area (Å²) in [5.74, 6) is -0.572. The molecule has 0 bridgehead atoms. The zero-order chi connectivity index (χ0) is 13.5. The Morgan fingerprint density at radius 2 is 1.94 bits per heavy atom. The van der Waals surface area contributed by atoms with E-state index >= 15 is 0 Å². The van der Waals surface area contributed by atoms with Crippen molar-refractivity contribution < 1.29 is 14.7 Å². The van der Waals surface area contributed by atoms with Gasteiger partial charge in [0.1, 0.15) is 0 Å². The third-order valence-corrected chi connectivity index (χ3v) is 3.70. The van der Waals surface area contributed by atoms with Crippen molar-refractivity contribution in [2.45, 2.75) is 51.5 Å². The number of carboxylic acid groups (broad SMARTS) is 1. The second-order valence-electron chi connectivity index (χ2n) is 5.20. The second kappa shape index (κ2) is 7.36. The summed E-state index contributed by atoms with van der Waals surface area (Å²) in [5, 5.41) is 11.8. The topological polar surface area (TPSA) is 92.4 Å². The minimum Gasteiger partial charge on any atom is -0.481 e. The summed E-state index contributed by atoms with van der Waals surface area (Å²) in [5.41, 5.74) is 5.72. The Labute approximate surface area is 108 Å². The molecule has 1 fully saturated rings. The van der Waals surface area contributed by atoms with Crippen LogP contribution in [0.3, 0.4) is 0 Å². The Hall–Kier alpha value is -1.10. The van der Waals surface area contributed by atoms with Crippen molar-refractivity contribution in [2.75, 3.05) is 6.54 Å². The van der Waals surface area contributed by atoms with Gasteiger partial charge < -0.3 is 16.2 Å². The second-order valence-corrected chi connectivity index (χ2v) is 5.20. The van der Waals surface area contributed by atoms with Crippen LogP contribution in [0.1, 0.15) is 45.4 Å². The van der Waals surface area contributed by atoms with Crippen LogP contribution in [-0.2, 0) is 9.59 Å². The number of hydrogen-bond donors (Lipinski definition) is 3. The summed E-state index contributed by atoms with van der Waals surface area (Å²) < 4.78 is 0. The maximum atomic E-state index is 11.6. The molecule has 104 valence electrons. The third kappa shape index (κ3) is 4.64. The van der Waals surface area contributed by atoms with Crippen molar-refractivity contribution in [3.8, 4) is 0 Å². The molecule has 0 heterocycles. The molecule has 0 radical (unpaired) electrons. The summed E-state index contributed by atoms with van der Waals surface area (Å²) in [7, 11) is 0. The van der Waals surface area contributed by atoms with Gasteiger partial charge in [0.05, 0.1) is 12.0 Å². The van der Waals surface area contributed by atoms with Crippen molar-refractivity contribution in [3.63, 3.8) is 0 Å². The van der Waals surface area contributed by atoms with E-state index in [2.05, 4.69) is 5.32 Å². The van der Waals surface area contributed by atoms with Crippen molar-refractivity contribution in [2.24, 2.45) is 17.6 Å². The first kappa shape index (κ1) is 15.0. The van der Waals surface area contributed by atoms with Gasteiger partial charge in [-0.2, -0.15) is 0 Å². The standard InChI is InChI=1S/C13H24N2O3/c1-2-3-11(14)12(16)15-8-9-4-6-10(7-5-9)13(17)18/h9-11H,2-8,14H2,1H3,(H,15,16)(H,17,18). The molecule has 0 aliphatic heterocycles. The lowest BCUT2D eigenvalue weighted by Crippen LogP contribution is -2.42. The molecule has 1 saturated carbocycles. The first-order valence-corrected chi connectivity index (χ1v) is 6.80. The molecule has 1 atom stereocenters. The maximum absolute atomic E-state index is 11.6. The van der Waals surface area contributed by atoms with Crippen LogP contribution in [0.2, 0.25) is 0 Å². The van der Waals surface area contributed by atoms with Gasteiger partial charge in [-0.05, 0) is 38.0 Å². The summed E-state index contributed by atoms with van der Waals surface area (Å²) in [6.45, 7) is 2.63. The number of rotatable bonds is 6. The Morgan fingerprint density at radius 3 is 2.44 bits per heavy atom. The monoisotopic (exact) mass is 256 g/mol. The molecule has 5 heteroatoms. The van der Waals surface area contributed by atoms with Crippen molar-refractivity contribution in [1.82, 2.24) is 5.32 Å². The minimum atomic E-state index is -0.692. The van der Waals surface area contributed by atoms with Gasteiger partial charge in [-0.25, -0.2) is 0 Å². The van der Waals surface area contributed by atoms with E-state index in [9.17, 15) is 9.59 Å². The van der Waals surface area contributed by atoms with Crippen molar-refractivity contribution >= 4 is 11.9 Å². The molecule has 4 N–H and O–H groups in total. The zero-order valence-electron chi connectivity index (χ0n) is 11.0. The fourth-order valence-electron chi connectivity index (χ4n) is 2.43. The van der Waals surface area contributed by atoms with Crippen LogP contribution < -0.4 is 11.1 Å². The zero-order valence-corrected chi connectivity index (χ0v) is 11.0. The lowest BCUT2D eigenvalue weighted by Gasteiger charge is -2.26. The average Bonchev–Trinajstić information content (AvgIpc) is 2.36. The maximum Gasteiger partial charge on any atom is 0.306 e. The van der Waals surface area contributed by atoms with Gasteiger partial charge in [0.25, 0.3) is 0 Å². The molecule has 1 aliphatic carbocycles. The number of nitrogens with two attached hydrogens (primary N) is 1. The van der Waals surface area contributed by atoms with Gasteiger partial charge in [-0.3, -0.25) is 9.59 Å². The van der Waals surface area contributed by atoms with E-state index in [1.54, 1.807) is 0 Å². The normalized spacial score (nSPS) is 25.4. The number of amides is 1. The largest absolute Gasteiger partial charge is 0.481 e. The fourth-order valence-corrected chi connectivity index (χ4v) is 2.43. The molecule has 1 rings (SSSR count). The summed E-state index contributed by atoms with van der Waals surface area (Å²) in [4.78, 5) is 22.4. The van der Waals surface area contributed by atoms with E-state index in [-0.39, 0.29) is 11.8 Å². The SMILES string of the molecule is CCCC(N)C(=O)NCC1CCC(C(=O)O)CC1. The molecule has 0 spiro atoms. The molecular formula is C13H24N2O3. The molecule has 18 heavy (non-hydrogen) atoms. The Kier molecular flexibility index (Phi) is 6.12. The number of carboxylic acids is 1. The average molecular weight is 256 g/mol. The van der Waals surface area contributed by atoms with E-state index in [1.807, 2.05) is 6.92 Å². The summed E-state index contributed by atoms with van der Waals surface area (Å²) in [6, 6.07) is -0.412. The molecule has 0 aromatic rings. The fraction of sp³-hybridized carbons (Fsp3) is 0.846. The molecule has 1 amide bonds. The van der Waals surface area contributed by atoms with Crippen LogP contribution in [0, 0.1) is 11.8 Å². The molecular weight excluding hydrogens is 232 g/mol. The van der Waals surface area contributed by atoms with Gasteiger partial charge in [-0.1, -0.05) is 13.3 Å². The van der Waals surface area contributed by atoms with E-state index in [0.717, 1.165) is 32.1 Å². The van der Waals surface area contributed by atoms with Crippen LogP contribution in [-0.4, -0.2) is 29.6 Å². The molecule has 0 aromatic carbocycles. The quantitative estimate of drug-likeness (QED) is 0.664. The molecule has 0 saturated heterocycles. The number of hydrogen-bond acceptors (Lipinski definition) is 3. The lowest BCUT2D eigenvalue weighted by molar-refractivity contribution is -0.143. The first-order chi connectivity index (χ1) is 8.54. The number of nitrogens with one attached hydrogen (secondary N) is 1. The first-order valence-electron chi connectivity index (χ1n) is 6.80. The van der Waals surface area contributed by atoms with Crippen LogP contribution in [0.5, 0.6) is 0 Å². The Balaban J connectivity index is 2.21. The highest BCUT2D eigenvalue weighted by molar-refractivity contribution is 5.81. The van der Waals surface area contributed by atoms with E-state index in [0.29, 0.717) is 18.9 Å². The van der Waals surface area contributed by atoms with Gasteiger partial charge in [0.2, 0.25) is 5.91 Å². The van der Waals surface area contributed by atoms with Gasteiger partial charge >= 0.3 is 5.97 Å². The smallest absolute Gasteiger partial charge is 0.306 e. The summed E-state index contributed by atoms with van der Waals surface area (Å²) in [6.07, 6.45) is 4.80. The van der Waals surface area contributed by atoms with Crippen LogP contribution in [0.15, 0.2) is 0 Å². The highest BCUT2D eigenvalue weighted by Crippen LogP contribution is 2.28. The highest BCUT2D eigenvalue weighted by atomic mass is 16.4. The van der Waals surface area contributed by atoms with Gasteiger partial charge in [-0.15, -0.1) is 0 Å². The van der Waals surface area contributed by atoms with Crippen LogP contribution >= 0.6 is 0 Å². The Morgan fingerprint density at radius 1 is 1.33 bits per heavy atom. The third-order valence-electron chi connectivity index (χ3n) is 3.70. The minimum absolute atomic E-state index is 0.0859.